The van der Waals surface area contributed by atoms with Crippen LogP contribution >= 0.6 is 0 Å². The standard InChI is InChI=1S/C16H18N2O6/c19-13-10-18(12-6-4-5-11(9-12)15(22)23)16(24)17(13)8-3-1-2-7-14(20)21/h4-6,9H,1-3,7-8,10H2,(H,20,21)(H,22,23). The summed E-state index contributed by atoms with van der Waals surface area (Å²) in [5, 5.41) is 17.6. The van der Waals surface area contributed by atoms with Gasteiger partial charge in [0, 0.05) is 18.7 Å². The highest BCUT2D eigenvalue weighted by Crippen LogP contribution is 2.22. The van der Waals surface area contributed by atoms with Gasteiger partial charge in [-0.25, -0.2) is 9.59 Å². The molecule has 0 saturated carbocycles. The van der Waals surface area contributed by atoms with Gasteiger partial charge in [-0.3, -0.25) is 19.4 Å². The van der Waals surface area contributed by atoms with E-state index in [0.29, 0.717) is 24.9 Å². The molecule has 0 unspecified atom stereocenters. The zero-order valence-corrected chi connectivity index (χ0v) is 13.0. The lowest BCUT2D eigenvalue weighted by Crippen LogP contribution is -2.33. The summed E-state index contributed by atoms with van der Waals surface area (Å²) in [6, 6.07) is 5.37. The van der Waals surface area contributed by atoms with E-state index in [1.807, 2.05) is 0 Å². The lowest BCUT2D eigenvalue weighted by Gasteiger charge is -2.17. The zero-order valence-electron chi connectivity index (χ0n) is 13.0. The van der Waals surface area contributed by atoms with Crippen molar-refractivity contribution in [3.05, 3.63) is 29.8 Å². The van der Waals surface area contributed by atoms with Crippen molar-refractivity contribution < 1.29 is 29.4 Å². The van der Waals surface area contributed by atoms with Gasteiger partial charge in [0.15, 0.2) is 0 Å². The third-order valence-corrected chi connectivity index (χ3v) is 3.73. The Morgan fingerprint density at radius 2 is 1.83 bits per heavy atom. The molecule has 8 heteroatoms. The van der Waals surface area contributed by atoms with E-state index >= 15 is 0 Å². The van der Waals surface area contributed by atoms with Gasteiger partial charge in [0.25, 0.3) is 5.91 Å². The van der Waals surface area contributed by atoms with Gasteiger partial charge < -0.3 is 10.2 Å². The summed E-state index contributed by atoms with van der Waals surface area (Å²) in [4.78, 5) is 48.2. The summed E-state index contributed by atoms with van der Waals surface area (Å²) in [5.74, 6) is -2.32. The molecule has 0 atom stereocenters. The average molecular weight is 334 g/mol. The molecule has 1 aliphatic heterocycles. The van der Waals surface area contributed by atoms with Crippen LogP contribution in [-0.2, 0) is 9.59 Å². The Bertz CT molecular complexity index is 672. The number of urea groups is 1. The molecule has 0 aromatic heterocycles. The molecule has 1 aliphatic rings. The van der Waals surface area contributed by atoms with Gasteiger partial charge in [-0.1, -0.05) is 12.5 Å². The van der Waals surface area contributed by atoms with E-state index in [1.165, 1.54) is 23.1 Å². The van der Waals surface area contributed by atoms with E-state index in [4.69, 9.17) is 10.2 Å². The van der Waals surface area contributed by atoms with Crippen molar-refractivity contribution >= 4 is 29.6 Å². The normalized spacial score (nSPS) is 14.3. The number of rotatable bonds is 8. The monoisotopic (exact) mass is 334 g/mol. The molecule has 1 saturated heterocycles. The predicted molar refractivity (Wildman–Crippen MR) is 84.0 cm³/mol. The lowest BCUT2D eigenvalue weighted by atomic mass is 10.2. The van der Waals surface area contributed by atoms with Gasteiger partial charge in [-0.15, -0.1) is 0 Å². The third kappa shape index (κ3) is 4.09. The van der Waals surface area contributed by atoms with Crippen LogP contribution in [0, 0.1) is 0 Å². The molecular formula is C16H18N2O6. The summed E-state index contributed by atoms with van der Waals surface area (Å²) in [6.45, 7) is 0.101. The number of carbonyl (C=O) groups excluding carboxylic acids is 2. The highest BCUT2D eigenvalue weighted by Gasteiger charge is 2.36. The van der Waals surface area contributed by atoms with Crippen molar-refractivity contribution in [2.24, 2.45) is 0 Å². The second-order valence-electron chi connectivity index (χ2n) is 5.47. The molecule has 1 fully saturated rings. The van der Waals surface area contributed by atoms with Gasteiger partial charge >= 0.3 is 18.0 Å². The van der Waals surface area contributed by atoms with E-state index in [9.17, 15) is 19.2 Å². The second-order valence-corrected chi connectivity index (χ2v) is 5.47. The van der Waals surface area contributed by atoms with Crippen LogP contribution in [0.25, 0.3) is 0 Å². The van der Waals surface area contributed by atoms with Crippen molar-refractivity contribution in [2.75, 3.05) is 18.0 Å². The smallest absolute Gasteiger partial charge is 0.335 e. The Morgan fingerprint density at radius 3 is 2.50 bits per heavy atom. The van der Waals surface area contributed by atoms with E-state index in [-0.39, 0.29) is 31.0 Å². The molecule has 0 spiro atoms. The van der Waals surface area contributed by atoms with Gasteiger partial charge in [0.05, 0.1) is 5.56 Å². The van der Waals surface area contributed by atoms with Gasteiger partial charge in [-0.2, -0.15) is 0 Å². The molecule has 24 heavy (non-hydrogen) atoms. The fourth-order valence-corrected chi connectivity index (χ4v) is 2.49. The molecule has 1 aromatic rings. The van der Waals surface area contributed by atoms with Gasteiger partial charge in [0.1, 0.15) is 6.54 Å². The Labute approximate surface area is 138 Å². The van der Waals surface area contributed by atoms with E-state index in [2.05, 4.69) is 0 Å². The topological polar surface area (TPSA) is 115 Å². The molecule has 0 bridgehead atoms. The molecule has 3 amide bonds. The van der Waals surface area contributed by atoms with Crippen LogP contribution in [0.15, 0.2) is 24.3 Å². The van der Waals surface area contributed by atoms with Crippen molar-refractivity contribution in [2.45, 2.75) is 25.7 Å². The fourth-order valence-electron chi connectivity index (χ4n) is 2.49. The maximum atomic E-state index is 12.4. The average Bonchev–Trinajstić information content (AvgIpc) is 2.82. The van der Waals surface area contributed by atoms with Crippen LogP contribution in [0.4, 0.5) is 10.5 Å². The van der Waals surface area contributed by atoms with Crippen LogP contribution < -0.4 is 4.90 Å². The first-order valence-corrected chi connectivity index (χ1v) is 7.57. The molecule has 2 N–H and O–H groups in total. The Balaban J connectivity index is 1.97. The SMILES string of the molecule is O=C(O)CCCCCN1C(=O)CN(c2cccc(C(=O)O)c2)C1=O. The number of carboxylic acids is 2. The van der Waals surface area contributed by atoms with E-state index in [0.717, 1.165) is 4.90 Å². The summed E-state index contributed by atoms with van der Waals surface area (Å²) < 4.78 is 0. The Kier molecular flexibility index (Phi) is 5.51. The first-order chi connectivity index (χ1) is 11.4. The maximum Gasteiger partial charge on any atom is 0.335 e. The molecule has 128 valence electrons. The van der Waals surface area contributed by atoms with E-state index < -0.39 is 18.0 Å². The van der Waals surface area contributed by atoms with Crippen molar-refractivity contribution in [3.8, 4) is 0 Å². The minimum atomic E-state index is -1.11. The molecule has 8 nitrogen and oxygen atoms in total. The lowest BCUT2D eigenvalue weighted by molar-refractivity contribution is -0.137. The molecule has 0 radical (unpaired) electrons. The van der Waals surface area contributed by atoms with Crippen LogP contribution in [0.1, 0.15) is 36.0 Å². The molecule has 1 heterocycles. The van der Waals surface area contributed by atoms with Crippen molar-refractivity contribution in [3.63, 3.8) is 0 Å². The summed E-state index contributed by atoms with van der Waals surface area (Å²) in [5.41, 5.74) is 0.404. The Hall–Kier alpha value is -2.90. The number of benzene rings is 1. The number of aromatic carboxylic acids is 1. The Morgan fingerprint density at radius 1 is 1.08 bits per heavy atom. The molecule has 2 rings (SSSR count). The molecule has 1 aromatic carbocycles. The highest BCUT2D eigenvalue weighted by atomic mass is 16.4. The first-order valence-electron chi connectivity index (χ1n) is 7.57. The van der Waals surface area contributed by atoms with E-state index in [1.54, 1.807) is 6.07 Å². The zero-order chi connectivity index (χ0) is 17.7. The number of imide groups is 1. The number of hydrogen-bond acceptors (Lipinski definition) is 4. The number of hydrogen-bond donors (Lipinski definition) is 2. The van der Waals surface area contributed by atoms with Gasteiger partial charge in [-0.05, 0) is 31.0 Å². The number of carbonyl (C=O) groups is 4. The number of unbranched alkanes of at least 4 members (excludes halogenated alkanes) is 2. The summed E-state index contributed by atoms with van der Waals surface area (Å²) >= 11 is 0. The third-order valence-electron chi connectivity index (χ3n) is 3.73. The first kappa shape index (κ1) is 17.5. The van der Waals surface area contributed by atoms with Crippen LogP contribution in [-0.4, -0.2) is 52.1 Å². The largest absolute Gasteiger partial charge is 0.481 e. The number of amides is 3. The molecule has 0 aliphatic carbocycles. The minimum Gasteiger partial charge on any atom is -0.481 e. The van der Waals surface area contributed by atoms with Crippen molar-refractivity contribution in [1.29, 1.82) is 0 Å². The summed E-state index contributed by atoms with van der Waals surface area (Å²) in [7, 11) is 0. The van der Waals surface area contributed by atoms with Gasteiger partial charge in [0.2, 0.25) is 0 Å². The van der Waals surface area contributed by atoms with Crippen LogP contribution in [0.2, 0.25) is 0 Å². The number of nitrogens with zero attached hydrogens (tertiary/aromatic N) is 2. The number of carboxylic acid groups (broad SMARTS) is 2. The second kappa shape index (κ2) is 7.58. The molecular weight excluding hydrogens is 316 g/mol. The number of anilines is 1. The van der Waals surface area contributed by atoms with Crippen molar-refractivity contribution in [1.82, 2.24) is 4.90 Å². The highest BCUT2D eigenvalue weighted by molar-refractivity contribution is 6.12. The fraction of sp³-hybridized carbons (Fsp3) is 0.375. The number of aliphatic carboxylic acids is 1. The predicted octanol–water partition coefficient (Wildman–Crippen LogP) is 1.80. The van der Waals surface area contributed by atoms with Crippen LogP contribution in [0.3, 0.4) is 0 Å². The maximum absolute atomic E-state index is 12.4. The quantitative estimate of drug-likeness (QED) is 0.553. The van der Waals surface area contributed by atoms with Crippen LogP contribution in [0.5, 0.6) is 0 Å². The summed E-state index contributed by atoms with van der Waals surface area (Å²) in [6.07, 6.45) is 1.71. The minimum absolute atomic E-state index is 0.0415.